The molecule has 19 heavy (non-hydrogen) atoms. The van der Waals surface area contributed by atoms with Gasteiger partial charge >= 0.3 is 0 Å². The van der Waals surface area contributed by atoms with E-state index in [0.717, 1.165) is 4.47 Å². The first-order chi connectivity index (χ1) is 8.99. The van der Waals surface area contributed by atoms with E-state index >= 15 is 0 Å². The predicted octanol–water partition coefficient (Wildman–Crippen LogP) is 0.522. The molecule has 108 valence electrons. The SMILES string of the molecule is CC(CO)(CO)NCC(O)COc1ccc(Br)cc1. The van der Waals surface area contributed by atoms with Crippen molar-refractivity contribution in [2.45, 2.75) is 18.6 Å². The first kappa shape index (κ1) is 16.4. The van der Waals surface area contributed by atoms with Crippen LogP contribution in [0.4, 0.5) is 0 Å². The quantitative estimate of drug-likeness (QED) is 0.557. The van der Waals surface area contributed by atoms with Crippen LogP contribution in [0.2, 0.25) is 0 Å². The van der Waals surface area contributed by atoms with Crippen LogP contribution in [-0.2, 0) is 0 Å². The molecule has 0 aliphatic carbocycles. The Labute approximate surface area is 121 Å². The minimum atomic E-state index is -0.793. The first-order valence-electron chi connectivity index (χ1n) is 6.02. The van der Waals surface area contributed by atoms with Crippen molar-refractivity contribution in [1.82, 2.24) is 5.32 Å². The van der Waals surface area contributed by atoms with Crippen LogP contribution in [0, 0.1) is 0 Å². The fraction of sp³-hybridized carbons (Fsp3) is 0.538. The van der Waals surface area contributed by atoms with Gasteiger partial charge in [-0.3, -0.25) is 0 Å². The number of nitrogens with one attached hydrogen (secondary N) is 1. The molecule has 1 unspecified atom stereocenters. The van der Waals surface area contributed by atoms with Gasteiger partial charge in [-0.15, -0.1) is 0 Å². The summed E-state index contributed by atoms with van der Waals surface area (Å²) in [6.07, 6.45) is -0.721. The van der Waals surface area contributed by atoms with Gasteiger partial charge in [-0.25, -0.2) is 0 Å². The van der Waals surface area contributed by atoms with Gasteiger partial charge in [0.2, 0.25) is 0 Å². The molecule has 0 saturated heterocycles. The van der Waals surface area contributed by atoms with Gasteiger partial charge in [-0.05, 0) is 31.2 Å². The molecule has 1 atom stereocenters. The maximum atomic E-state index is 9.76. The Morgan fingerprint density at radius 1 is 1.26 bits per heavy atom. The van der Waals surface area contributed by atoms with Gasteiger partial charge in [0, 0.05) is 11.0 Å². The number of benzene rings is 1. The van der Waals surface area contributed by atoms with Gasteiger partial charge in [0.15, 0.2) is 0 Å². The molecule has 0 fully saturated rings. The average Bonchev–Trinajstić information content (AvgIpc) is 2.44. The van der Waals surface area contributed by atoms with E-state index in [1.54, 1.807) is 19.1 Å². The second-order valence-corrected chi connectivity index (χ2v) is 5.59. The van der Waals surface area contributed by atoms with Crippen LogP contribution in [0.3, 0.4) is 0 Å². The molecule has 0 heterocycles. The molecule has 1 aromatic rings. The van der Waals surface area contributed by atoms with Gasteiger partial charge in [0.25, 0.3) is 0 Å². The van der Waals surface area contributed by atoms with Gasteiger partial charge in [0.1, 0.15) is 18.5 Å². The van der Waals surface area contributed by atoms with E-state index in [2.05, 4.69) is 21.2 Å². The van der Waals surface area contributed by atoms with Crippen LogP contribution < -0.4 is 10.1 Å². The molecule has 0 aliphatic rings. The highest BCUT2D eigenvalue weighted by molar-refractivity contribution is 9.10. The fourth-order valence-corrected chi connectivity index (χ4v) is 1.57. The summed E-state index contributed by atoms with van der Waals surface area (Å²) >= 11 is 3.33. The summed E-state index contributed by atoms with van der Waals surface area (Å²) in [5, 5.41) is 30.8. The topological polar surface area (TPSA) is 82.0 Å². The Balaban J connectivity index is 2.31. The van der Waals surface area contributed by atoms with Crippen LogP contribution >= 0.6 is 15.9 Å². The number of β-amino-alcohol motifs (C(OH)–C–C–N with tert-alkyl or cyclic N) is 1. The number of aliphatic hydroxyl groups excluding tert-OH is 3. The van der Waals surface area contributed by atoms with Crippen molar-refractivity contribution < 1.29 is 20.1 Å². The highest BCUT2D eigenvalue weighted by atomic mass is 79.9. The van der Waals surface area contributed by atoms with Crippen LogP contribution in [0.15, 0.2) is 28.7 Å². The lowest BCUT2D eigenvalue weighted by atomic mass is 10.1. The molecule has 0 saturated carbocycles. The Kier molecular flexibility index (Phi) is 6.74. The number of hydrogen-bond donors (Lipinski definition) is 4. The van der Waals surface area contributed by atoms with Crippen LogP contribution in [-0.4, -0.2) is 53.3 Å². The zero-order valence-electron chi connectivity index (χ0n) is 10.8. The summed E-state index contributed by atoms with van der Waals surface area (Å²) in [5.74, 6) is 0.675. The van der Waals surface area contributed by atoms with E-state index in [4.69, 9.17) is 14.9 Å². The molecule has 0 aromatic heterocycles. The number of rotatable bonds is 8. The monoisotopic (exact) mass is 333 g/mol. The van der Waals surface area contributed by atoms with Gasteiger partial charge < -0.3 is 25.4 Å². The highest BCUT2D eigenvalue weighted by Crippen LogP contribution is 2.16. The molecule has 1 rings (SSSR count). The van der Waals surface area contributed by atoms with E-state index in [-0.39, 0.29) is 26.4 Å². The molecule has 4 N–H and O–H groups in total. The van der Waals surface area contributed by atoms with Crippen LogP contribution in [0.5, 0.6) is 5.75 Å². The van der Waals surface area contributed by atoms with Crippen LogP contribution in [0.25, 0.3) is 0 Å². The highest BCUT2D eigenvalue weighted by Gasteiger charge is 2.22. The molecule has 5 nitrogen and oxygen atoms in total. The lowest BCUT2D eigenvalue weighted by Crippen LogP contribution is -2.52. The Morgan fingerprint density at radius 3 is 2.37 bits per heavy atom. The second kappa shape index (κ2) is 7.81. The minimum Gasteiger partial charge on any atom is -0.491 e. The third kappa shape index (κ3) is 5.88. The second-order valence-electron chi connectivity index (χ2n) is 4.68. The third-order valence-electron chi connectivity index (χ3n) is 2.72. The maximum absolute atomic E-state index is 9.76. The average molecular weight is 334 g/mol. The van der Waals surface area contributed by atoms with Crippen LogP contribution in [0.1, 0.15) is 6.92 Å². The number of halogens is 1. The maximum Gasteiger partial charge on any atom is 0.119 e. The van der Waals surface area contributed by atoms with Crippen molar-refractivity contribution in [3.05, 3.63) is 28.7 Å². The summed E-state index contributed by atoms with van der Waals surface area (Å²) in [7, 11) is 0. The number of aliphatic hydroxyl groups is 3. The molecule has 0 radical (unpaired) electrons. The zero-order valence-corrected chi connectivity index (χ0v) is 12.4. The molecule has 1 aromatic carbocycles. The molecule has 0 aliphatic heterocycles. The predicted molar refractivity (Wildman–Crippen MR) is 76.2 cm³/mol. The van der Waals surface area contributed by atoms with Crippen molar-refractivity contribution in [1.29, 1.82) is 0 Å². The lowest BCUT2D eigenvalue weighted by molar-refractivity contribution is 0.0666. The van der Waals surface area contributed by atoms with E-state index in [0.29, 0.717) is 5.75 Å². The summed E-state index contributed by atoms with van der Waals surface area (Å²) in [6.45, 7) is 1.64. The number of ether oxygens (including phenoxy) is 1. The van der Waals surface area contributed by atoms with Crippen molar-refractivity contribution in [2.75, 3.05) is 26.4 Å². The molecule has 0 spiro atoms. The Morgan fingerprint density at radius 2 is 1.84 bits per heavy atom. The number of hydrogen-bond acceptors (Lipinski definition) is 5. The van der Waals surface area contributed by atoms with E-state index in [9.17, 15) is 5.11 Å². The van der Waals surface area contributed by atoms with Crippen molar-refractivity contribution in [3.8, 4) is 5.75 Å². The van der Waals surface area contributed by atoms with E-state index in [1.807, 2.05) is 12.1 Å². The van der Waals surface area contributed by atoms with Gasteiger partial charge in [-0.2, -0.15) is 0 Å². The van der Waals surface area contributed by atoms with Crippen molar-refractivity contribution in [2.24, 2.45) is 0 Å². The summed E-state index contributed by atoms with van der Waals surface area (Å²) in [5.41, 5.74) is -0.793. The zero-order chi connectivity index (χ0) is 14.3. The van der Waals surface area contributed by atoms with Crippen molar-refractivity contribution in [3.63, 3.8) is 0 Å². The van der Waals surface area contributed by atoms with Gasteiger partial charge in [0.05, 0.1) is 18.8 Å². The first-order valence-corrected chi connectivity index (χ1v) is 6.81. The van der Waals surface area contributed by atoms with E-state index < -0.39 is 11.6 Å². The molecule has 0 amide bonds. The Hall–Kier alpha value is -0.660. The van der Waals surface area contributed by atoms with Gasteiger partial charge in [-0.1, -0.05) is 15.9 Å². The minimum absolute atomic E-state index is 0.140. The largest absolute Gasteiger partial charge is 0.491 e. The smallest absolute Gasteiger partial charge is 0.119 e. The molecular weight excluding hydrogens is 314 g/mol. The van der Waals surface area contributed by atoms with E-state index in [1.165, 1.54) is 0 Å². The van der Waals surface area contributed by atoms with Crippen molar-refractivity contribution >= 4 is 15.9 Å². The Bertz CT molecular complexity index is 367. The fourth-order valence-electron chi connectivity index (χ4n) is 1.31. The molecule has 6 heteroatoms. The molecular formula is C13H20BrNO4. The lowest BCUT2D eigenvalue weighted by Gasteiger charge is -2.27. The summed E-state index contributed by atoms with van der Waals surface area (Å²) < 4.78 is 6.38. The summed E-state index contributed by atoms with van der Waals surface area (Å²) in [6, 6.07) is 7.31. The summed E-state index contributed by atoms with van der Waals surface area (Å²) in [4.78, 5) is 0. The molecule has 0 bridgehead atoms. The third-order valence-corrected chi connectivity index (χ3v) is 3.25. The standard InChI is InChI=1S/C13H20BrNO4/c1-13(8-16,9-17)15-6-11(18)7-19-12-4-2-10(14)3-5-12/h2-5,11,15-18H,6-9H2,1H3. The normalized spacial score (nSPS) is 13.3.